The highest BCUT2D eigenvalue weighted by molar-refractivity contribution is 7.12. The summed E-state index contributed by atoms with van der Waals surface area (Å²) >= 11 is 1.87. The van der Waals surface area contributed by atoms with Crippen LogP contribution in [0.2, 0.25) is 0 Å². The molecule has 0 saturated heterocycles. The molecule has 0 unspecified atom stereocenters. The van der Waals surface area contributed by atoms with Crippen molar-refractivity contribution in [3.8, 4) is 5.75 Å². The summed E-state index contributed by atoms with van der Waals surface area (Å²) in [5.41, 5.74) is 1.84. The molecule has 3 heteroatoms. The molecule has 0 spiro atoms. The highest BCUT2D eigenvalue weighted by Crippen LogP contribution is 2.53. The molecule has 0 fully saturated rings. The van der Waals surface area contributed by atoms with E-state index in [9.17, 15) is 0 Å². The third-order valence-corrected chi connectivity index (χ3v) is 9.08. The molecule has 0 bridgehead atoms. The highest BCUT2D eigenvalue weighted by Gasteiger charge is 2.54. The van der Waals surface area contributed by atoms with Gasteiger partial charge in [-0.2, -0.15) is 0 Å². The van der Waals surface area contributed by atoms with E-state index >= 15 is 0 Å². The molecule has 0 aliphatic heterocycles. The number of nitrogens with one attached hydrogen (secondary N) is 1. The molecule has 0 amide bonds. The maximum absolute atomic E-state index is 7.07. The third-order valence-electron chi connectivity index (χ3n) is 7.56. The zero-order valence-electron chi connectivity index (χ0n) is 19.4. The zero-order chi connectivity index (χ0) is 21.6. The SMILES string of the molecule is CNC(C)(C)C(C)(C)[C@](C)(Oc1cccc2ccccc12)c1sc(C)c(C)c1C. The molecule has 1 atom stereocenters. The molecule has 2 nitrogen and oxygen atoms in total. The lowest BCUT2D eigenvalue weighted by molar-refractivity contribution is -0.0750. The van der Waals surface area contributed by atoms with Crippen molar-refractivity contribution in [1.82, 2.24) is 5.32 Å². The van der Waals surface area contributed by atoms with Gasteiger partial charge in [-0.15, -0.1) is 11.3 Å². The molecular weight excluding hydrogens is 374 g/mol. The lowest BCUT2D eigenvalue weighted by Crippen LogP contribution is -2.60. The van der Waals surface area contributed by atoms with E-state index in [4.69, 9.17) is 4.74 Å². The van der Waals surface area contributed by atoms with Gasteiger partial charge in [-0.3, -0.25) is 0 Å². The van der Waals surface area contributed by atoms with Crippen LogP contribution in [0, 0.1) is 26.2 Å². The van der Waals surface area contributed by atoms with Crippen molar-refractivity contribution in [1.29, 1.82) is 0 Å². The average Bonchev–Trinajstić information content (AvgIpc) is 2.95. The van der Waals surface area contributed by atoms with Gasteiger partial charge in [0.2, 0.25) is 0 Å². The molecule has 0 aliphatic rings. The largest absolute Gasteiger partial charge is 0.481 e. The van der Waals surface area contributed by atoms with E-state index in [1.165, 1.54) is 26.3 Å². The molecule has 3 aromatic rings. The zero-order valence-corrected chi connectivity index (χ0v) is 20.2. The second-order valence-electron chi connectivity index (χ2n) is 9.35. The van der Waals surface area contributed by atoms with Crippen LogP contribution in [-0.4, -0.2) is 12.6 Å². The van der Waals surface area contributed by atoms with Crippen LogP contribution in [0.4, 0.5) is 0 Å². The monoisotopic (exact) mass is 409 g/mol. The van der Waals surface area contributed by atoms with E-state index in [0.29, 0.717) is 0 Å². The fraction of sp³-hybridized carbons (Fsp3) is 0.462. The van der Waals surface area contributed by atoms with E-state index in [1.54, 1.807) is 0 Å². The fourth-order valence-corrected chi connectivity index (χ4v) is 5.48. The molecule has 0 radical (unpaired) electrons. The predicted molar refractivity (Wildman–Crippen MR) is 127 cm³/mol. The first kappa shape index (κ1) is 21.9. The van der Waals surface area contributed by atoms with Crippen molar-refractivity contribution in [2.24, 2.45) is 5.41 Å². The Balaban J connectivity index is 2.27. The molecule has 1 aromatic heterocycles. The molecule has 0 aliphatic carbocycles. The number of hydrogen-bond acceptors (Lipinski definition) is 3. The first-order valence-corrected chi connectivity index (χ1v) is 11.2. The van der Waals surface area contributed by atoms with Crippen LogP contribution < -0.4 is 10.1 Å². The highest BCUT2D eigenvalue weighted by atomic mass is 32.1. The van der Waals surface area contributed by atoms with Crippen LogP contribution in [0.1, 0.15) is 55.5 Å². The van der Waals surface area contributed by atoms with Crippen LogP contribution in [-0.2, 0) is 5.60 Å². The summed E-state index contributed by atoms with van der Waals surface area (Å²) in [5.74, 6) is 0.939. The Bertz CT molecular complexity index is 1030. The van der Waals surface area contributed by atoms with E-state index in [1.807, 2.05) is 18.4 Å². The summed E-state index contributed by atoms with van der Waals surface area (Å²) < 4.78 is 7.07. The first-order chi connectivity index (χ1) is 13.5. The van der Waals surface area contributed by atoms with Crippen molar-refractivity contribution in [2.45, 2.75) is 66.5 Å². The van der Waals surface area contributed by atoms with Gasteiger partial charge in [-0.1, -0.05) is 50.2 Å². The standard InChI is InChI=1S/C26H35NOS/c1-17-18(2)23(29-19(17)3)26(8,24(4,5)25(6,7)27-9)28-22-16-12-14-20-13-10-11-15-21(20)22/h10-16,27H,1-9H3/t26-/m1/s1. The Morgan fingerprint density at radius 1 is 0.828 bits per heavy atom. The van der Waals surface area contributed by atoms with E-state index in [2.05, 4.69) is 103 Å². The van der Waals surface area contributed by atoms with Crippen molar-refractivity contribution in [3.63, 3.8) is 0 Å². The number of benzene rings is 2. The van der Waals surface area contributed by atoms with Gasteiger partial charge < -0.3 is 10.1 Å². The third kappa shape index (κ3) is 3.39. The van der Waals surface area contributed by atoms with Crippen molar-refractivity contribution >= 4 is 22.1 Å². The smallest absolute Gasteiger partial charge is 0.147 e. The second-order valence-corrected chi connectivity index (χ2v) is 10.6. The first-order valence-electron chi connectivity index (χ1n) is 10.4. The van der Waals surface area contributed by atoms with Gasteiger partial charge in [-0.05, 0) is 71.2 Å². The molecule has 3 rings (SSSR count). The fourth-order valence-electron chi connectivity index (χ4n) is 4.07. The number of fused-ring (bicyclic) bond motifs is 1. The molecule has 1 heterocycles. The maximum atomic E-state index is 7.07. The Kier molecular flexibility index (Phi) is 5.61. The Labute approximate surface area is 180 Å². The Hall–Kier alpha value is -1.84. The van der Waals surface area contributed by atoms with E-state index in [-0.39, 0.29) is 11.0 Å². The van der Waals surface area contributed by atoms with Gasteiger partial charge in [0, 0.05) is 21.2 Å². The number of ether oxygens (including phenoxy) is 1. The molecule has 0 saturated carbocycles. The Morgan fingerprint density at radius 3 is 2.03 bits per heavy atom. The van der Waals surface area contributed by atoms with Crippen LogP contribution in [0.25, 0.3) is 10.8 Å². The second kappa shape index (κ2) is 7.45. The van der Waals surface area contributed by atoms with E-state index < -0.39 is 5.60 Å². The molecular formula is C26H35NOS. The minimum atomic E-state index is -0.516. The van der Waals surface area contributed by atoms with E-state index in [0.717, 1.165) is 11.1 Å². The summed E-state index contributed by atoms with van der Waals surface area (Å²) in [6.07, 6.45) is 0. The number of aryl methyl sites for hydroxylation is 1. The predicted octanol–water partition coefficient (Wildman–Crippen LogP) is 7.14. The minimum Gasteiger partial charge on any atom is -0.481 e. The van der Waals surface area contributed by atoms with Crippen molar-refractivity contribution in [2.75, 3.05) is 7.05 Å². The lowest BCUT2D eigenvalue weighted by atomic mass is 9.62. The quantitative estimate of drug-likeness (QED) is 0.467. The van der Waals surface area contributed by atoms with Gasteiger partial charge in [-0.25, -0.2) is 0 Å². The van der Waals surface area contributed by atoms with Crippen molar-refractivity contribution < 1.29 is 4.74 Å². The topological polar surface area (TPSA) is 21.3 Å². The van der Waals surface area contributed by atoms with Gasteiger partial charge in [0.1, 0.15) is 11.4 Å². The summed E-state index contributed by atoms with van der Waals surface area (Å²) in [7, 11) is 2.04. The van der Waals surface area contributed by atoms with Gasteiger partial charge in [0.25, 0.3) is 0 Å². The number of rotatable bonds is 6. The molecule has 156 valence electrons. The summed E-state index contributed by atoms with van der Waals surface area (Å²) in [4.78, 5) is 2.68. The summed E-state index contributed by atoms with van der Waals surface area (Å²) in [5, 5.41) is 5.90. The van der Waals surface area contributed by atoms with Crippen molar-refractivity contribution in [3.05, 3.63) is 63.3 Å². The summed E-state index contributed by atoms with van der Waals surface area (Å²) in [6.45, 7) is 18.1. The van der Waals surface area contributed by atoms with Crippen LogP contribution in [0.5, 0.6) is 5.75 Å². The van der Waals surface area contributed by atoms with Crippen LogP contribution >= 0.6 is 11.3 Å². The summed E-state index contributed by atoms with van der Waals surface area (Å²) in [6, 6.07) is 14.8. The number of hydrogen-bond donors (Lipinski definition) is 1. The Morgan fingerprint density at radius 2 is 1.45 bits per heavy atom. The normalized spacial score (nSPS) is 14.8. The van der Waals surface area contributed by atoms with Gasteiger partial charge >= 0.3 is 0 Å². The maximum Gasteiger partial charge on any atom is 0.147 e. The van der Waals surface area contributed by atoms with Gasteiger partial charge in [0.05, 0.1) is 4.88 Å². The lowest BCUT2D eigenvalue weighted by Gasteiger charge is -2.53. The van der Waals surface area contributed by atoms with Gasteiger partial charge in [0.15, 0.2) is 0 Å². The average molecular weight is 410 g/mol. The molecule has 1 N–H and O–H groups in total. The molecule has 2 aromatic carbocycles. The molecule has 29 heavy (non-hydrogen) atoms. The minimum absolute atomic E-state index is 0.148. The van der Waals surface area contributed by atoms with Crippen LogP contribution in [0.15, 0.2) is 42.5 Å². The van der Waals surface area contributed by atoms with Crippen LogP contribution in [0.3, 0.4) is 0 Å². The number of thiophene rings is 1.